The summed E-state index contributed by atoms with van der Waals surface area (Å²) in [6.45, 7) is 2.61. The number of benzene rings is 2. The summed E-state index contributed by atoms with van der Waals surface area (Å²) in [4.78, 5) is 59.1. The molecular weight excluding hydrogens is 588 g/mol. The van der Waals surface area contributed by atoms with E-state index in [1.54, 1.807) is 48.4 Å². The summed E-state index contributed by atoms with van der Waals surface area (Å²) in [5.41, 5.74) is 1.10. The van der Waals surface area contributed by atoms with Gasteiger partial charge in [0.25, 0.3) is 11.8 Å². The lowest BCUT2D eigenvalue weighted by molar-refractivity contribution is -0.156. The van der Waals surface area contributed by atoms with Crippen LogP contribution in [-0.2, 0) is 25.5 Å². The van der Waals surface area contributed by atoms with Crippen LogP contribution in [0, 0.1) is 11.3 Å². The topological polar surface area (TPSA) is 136 Å². The first-order chi connectivity index (χ1) is 22.3. The van der Waals surface area contributed by atoms with Crippen LogP contribution in [0.25, 0.3) is 10.9 Å². The number of carbonyl (C=O) groups is 4. The van der Waals surface area contributed by atoms with Crippen molar-refractivity contribution in [3.63, 3.8) is 0 Å². The summed E-state index contributed by atoms with van der Waals surface area (Å²) in [6.07, 6.45) is 5.23. The quantitative estimate of drug-likeness (QED) is 0.394. The third-order valence-electron chi connectivity index (χ3n) is 8.51. The Morgan fingerprint density at radius 2 is 1.91 bits per heavy atom. The number of ether oxygens (including phenoxy) is 3. The minimum Gasteiger partial charge on any atom is -0.493 e. The van der Waals surface area contributed by atoms with Crippen molar-refractivity contribution in [1.29, 1.82) is 0 Å². The van der Waals surface area contributed by atoms with Crippen molar-refractivity contribution in [2.45, 2.75) is 45.4 Å². The number of carbonyl (C=O) groups excluding carboxylic acids is 4. The number of rotatable bonds is 6. The molecule has 1 aromatic heterocycles. The number of hydrogen-bond acceptors (Lipinski definition) is 8. The maximum absolute atomic E-state index is 13.6. The van der Waals surface area contributed by atoms with Gasteiger partial charge >= 0.3 is 5.97 Å². The van der Waals surface area contributed by atoms with Gasteiger partial charge in [-0.3, -0.25) is 24.2 Å². The molecule has 1 atom stereocenters. The van der Waals surface area contributed by atoms with Gasteiger partial charge in [-0.05, 0) is 74.1 Å². The van der Waals surface area contributed by atoms with Crippen molar-refractivity contribution >= 4 is 34.6 Å². The Labute approximate surface area is 269 Å². The molecule has 244 valence electrons. The number of nitrogens with one attached hydrogen (secondary N) is 2. The first-order valence-corrected chi connectivity index (χ1v) is 15.9. The minimum absolute atomic E-state index is 0.125. The van der Waals surface area contributed by atoms with Crippen LogP contribution in [0.15, 0.2) is 54.7 Å². The number of esters is 1. The van der Waals surface area contributed by atoms with Crippen molar-refractivity contribution in [3.05, 3.63) is 65.9 Å². The molecule has 0 radical (unpaired) electrons. The summed E-state index contributed by atoms with van der Waals surface area (Å²) in [7, 11) is 1.52. The lowest BCUT2D eigenvalue weighted by atomic mass is 9.76. The van der Waals surface area contributed by atoms with Crippen LogP contribution < -0.4 is 20.1 Å². The van der Waals surface area contributed by atoms with Crippen LogP contribution in [0.3, 0.4) is 0 Å². The van der Waals surface area contributed by atoms with E-state index in [2.05, 4.69) is 15.6 Å². The number of hydrogen-bond donors (Lipinski definition) is 2. The number of fused-ring (bicyclic) bond motifs is 3. The lowest BCUT2D eigenvalue weighted by Crippen LogP contribution is -2.46. The largest absolute Gasteiger partial charge is 0.493 e. The van der Waals surface area contributed by atoms with Crippen molar-refractivity contribution in [2.75, 3.05) is 46.5 Å². The van der Waals surface area contributed by atoms with Gasteiger partial charge in [0.05, 0.1) is 24.6 Å². The van der Waals surface area contributed by atoms with Crippen LogP contribution >= 0.6 is 0 Å². The minimum atomic E-state index is -0.978. The van der Waals surface area contributed by atoms with Crippen molar-refractivity contribution in [1.82, 2.24) is 20.5 Å². The summed E-state index contributed by atoms with van der Waals surface area (Å²) in [6, 6.07) is 14.4. The molecule has 3 aromatic rings. The van der Waals surface area contributed by atoms with Gasteiger partial charge in [0.2, 0.25) is 5.91 Å². The monoisotopic (exact) mass is 630 g/mol. The lowest BCUT2D eigenvalue weighted by Gasteiger charge is -2.32. The molecular formula is C35H42N4O7. The summed E-state index contributed by atoms with van der Waals surface area (Å²) >= 11 is 0. The third kappa shape index (κ3) is 8.32. The van der Waals surface area contributed by atoms with Crippen LogP contribution in [0.2, 0.25) is 0 Å². The van der Waals surface area contributed by atoms with E-state index in [-0.39, 0.29) is 63.0 Å². The van der Waals surface area contributed by atoms with Gasteiger partial charge in [-0.1, -0.05) is 25.0 Å². The zero-order valence-corrected chi connectivity index (χ0v) is 26.5. The van der Waals surface area contributed by atoms with Gasteiger partial charge in [-0.25, -0.2) is 0 Å². The Balaban J connectivity index is 1.39. The van der Waals surface area contributed by atoms with E-state index in [0.717, 1.165) is 29.3 Å². The fraction of sp³-hybridized carbons (Fsp3) is 0.457. The summed E-state index contributed by atoms with van der Waals surface area (Å²) in [5.74, 6) is 0.0727. The molecule has 11 heteroatoms. The van der Waals surface area contributed by atoms with Gasteiger partial charge in [0.1, 0.15) is 0 Å². The highest BCUT2D eigenvalue weighted by Crippen LogP contribution is 2.43. The average molecular weight is 631 g/mol. The molecule has 2 aliphatic rings. The standard InChI is InChI=1S/C35H42N4O7/c1-3-45-34(43)35(20-24-8-9-24)21-25-10-13-29(44-2)30(18-25)46-22-32(41)37-15-17-39(16-5-7-31(40)38-23-35)33(42)27-11-12-28-26(19-27)6-4-14-36-28/h4,6,10-14,18-19,24H,3,5,7-9,15-17,20-23H2,1-2H3,(H,37,41)(H,38,40). The van der Waals surface area contributed by atoms with Crippen molar-refractivity contribution in [2.24, 2.45) is 11.3 Å². The molecule has 1 unspecified atom stereocenters. The zero-order valence-electron chi connectivity index (χ0n) is 26.5. The Morgan fingerprint density at radius 1 is 1.07 bits per heavy atom. The number of methoxy groups -OCH3 is 1. The van der Waals surface area contributed by atoms with Crippen molar-refractivity contribution < 1.29 is 33.4 Å². The van der Waals surface area contributed by atoms with Crippen molar-refractivity contribution in [3.8, 4) is 11.5 Å². The second kappa shape index (κ2) is 15.1. The second-order valence-electron chi connectivity index (χ2n) is 12.0. The van der Waals surface area contributed by atoms with E-state index in [9.17, 15) is 19.2 Å². The van der Waals surface area contributed by atoms with Crippen LogP contribution in [0.5, 0.6) is 11.5 Å². The van der Waals surface area contributed by atoms with E-state index in [0.29, 0.717) is 48.8 Å². The third-order valence-corrected chi connectivity index (χ3v) is 8.51. The van der Waals surface area contributed by atoms with Crippen LogP contribution in [0.1, 0.15) is 54.9 Å². The Bertz CT molecular complexity index is 1570. The SMILES string of the molecule is CCOC(=O)C1(CC2CC2)CNC(=O)CCCN(C(=O)c2ccc3ncccc3c2)CCNC(=O)COc2cc(ccc2OC)C1. The van der Waals surface area contributed by atoms with Gasteiger partial charge in [0.15, 0.2) is 18.1 Å². The Morgan fingerprint density at radius 3 is 2.70 bits per heavy atom. The van der Waals surface area contributed by atoms with Gasteiger partial charge in [-0.2, -0.15) is 0 Å². The van der Waals surface area contributed by atoms with Gasteiger partial charge in [-0.15, -0.1) is 0 Å². The molecule has 1 aliphatic carbocycles. The molecule has 1 fully saturated rings. The molecule has 2 N–H and O–H groups in total. The molecule has 2 heterocycles. The first-order valence-electron chi connectivity index (χ1n) is 15.9. The Hall–Kier alpha value is -4.67. The van der Waals surface area contributed by atoms with E-state index < -0.39 is 5.41 Å². The van der Waals surface area contributed by atoms with Gasteiger partial charge in [0, 0.05) is 49.7 Å². The molecule has 3 amide bonds. The van der Waals surface area contributed by atoms with E-state index in [4.69, 9.17) is 14.2 Å². The number of nitrogens with zero attached hydrogens (tertiary/aromatic N) is 2. The first kappa shape index (κ1) is 32.7. The molecule has 0 saturated heterocycles. The zero-order chi connectivity index (χ0) is 32.5. The fourth-order valence-electron chi connectivity index (χ4n) is 5.95. The predicted molar refractivity (Wildman–Crippen MR) is 171 cm³/mol. The smallest absolute Gasteiger partial charge is 0.314 e. The molecule has 1 aliphatic heterocycles. The molecule has 0 spiro atoms. The maximum Gasteiger partial charge on any atom is 0.314 e. The second-order valence-corrected chi connectivity index (χ2v) is 12.0. The van der Waals surface area contributed by atoms with Crippen LogP contribution in [0.4, 0.5) is 0 Å². The molecule has 2 bridgehead atoms. The Kier molecular flexibility index (Phi) is 10.7. The van der Waals surface area contributed by atoms with E-state index in [1.807, 2.05) is 18.2 Å². The highest BCUT2D eigenvalue weighted by molar-refractivity contribution is 5.98. The highest BCUT2D eigenvalue weighted by Gasteiger charge is 2.44. The van der Waals surface area contributed by atoms with E-state index in [1.165, 1.54) is 7.11 Å². The van der Waals surface area contributed by atoms with Gasteiger partial charge < -0.3 is 29.7 Å². The molecule has 5 rings (SSSR count). The molecule has 1 saturated carbocycles. The normalized spacial score (nSPS) is 20.0. The number of aromatic nitrogens is 1. The summed E-state index contributed by atoms with van der Waals surface area (Å²) < 4.78 is 16.9. The molecule has 46 heavy (non-hydrogen) atoms. The maximum atomic E-state index is 13.6. The molecule has 2 aromatic carbocycles. The predicted octanol–water partition coefficient (Wildman–Crippen LogP) is 3.68. The van der Waals surface area contributed by atoms with E-state index >= 15 is 0 Å². The summed E-state index contributed by atoms with van der Waals surface area (Å²) in [5, 5.41) is 6.69. The van der Waals surface area contributed by atoms with Crippen LogP contribution in [-0.4, -0.2) is 80.1 Å². The average Bonchev–Trinajstić information content (AvgIpc) is 3.88. The number of pyridine rings is 1. The number of amides is 3. The fourth-order valence-corrected chi connectivity index (χ4v) is 5.95. The highest BCUT2D eigenvalue weighted by atomic mass is 16.5. The molecule has 11 nitrogen and oxygen atoms in total.